The molecule has 0 bridgehead atoms. The normalized spacial score (nSPS) is 12.1. The number of thioether (sulfide) groups is 1. The van der Waals surface area contributed by atoms with Crippen molar-refractivity contribution in [1.29, 1.82) is 0 Å². The maximum absolute atomic E-state index is 11.4. The van der Waals surface area contributed by atoms with E-state index in [-0.39, 0.29) is 0 Å². The Hall–Kier alpha value is -1.45. The van der Waals surface area contributed by atoms with Crippen LogP contribution in [-0.4, -0.2) is 11.1 Å². The topological polar surface area (TPSA) is 37.3 Å². The van der Waals surface area contributed by atoms with Gasteiger partial charge in [0.05, 0.1) is 5.02 Å². The van der Waals surface area contributed by atoms with Crippen LogP contribution >= 0.6 is 23.4 Å². The number of aliphatic carboxylic acids is 1. The molecule has 0 amide bonds. The predicted molar refractivity (Wildman–Crippen MR) is 74.1 cm³/mol. The fourth-order valence-corrected chi connectivity index (χ4v) is 2.81. The van der Waals surface area contributed by atoms with E-state index in [4.69, 9.17) is 11.6 Å². The van der Waals surface area contributed by atoms with Gasteiger partial charge in [-0.1, -0.05) is 54.1 Å². The number of halogens is 1. The molecule has 0 fully saturated rings. The number of carbonyl (C=O) groups is 1. The summed E-state index contributed by atoms with van der Waals surface area (Å²) in [6, 6.07) is 16.4. The van der Waals surface area contributed by atoms with Crippen LogP contribution in [0.2, 0.25) is 5.02 Å². The molecule has 0 spiro atoms. The lowest BCUT2D eigenvalue weighted by atomic mass is 10.1. The lowest BCUT2D eigenvalue weighted by Crippen LogP contribution is -2.07. The maximum atomic E-state index is 11.4. The Kier molecular flexibility index (Phi) is 4.28. The highest BCUT2D eigenvalue weighted by Crippen LogP contribution is 2.38. The van der Waals surface area contributed by atoms with Gasteiger partial charge in [0.25, 0.3) is 0 Å². The molecule has 1 N–H and O–H groups in total. The van der Waals surface area contributed by atoms with Gasteiger partial charge in [-0.2, -0.15) is 0 Å². The van der Waals surface area contributed by atoms with Gasteiger partial charge in [-0.25, -0.2) is 0 Å². The third-order valence-electron chi connectivity index (χ3n) is 2.41. The zero-order valence-corrected chi connectivity index (χ0v) is 11.0. The number of carboxylic acid groups (broad SMARTS) is 1. The Labute approximate surface area is 115 Å². The molecular formula is C14H11ClO2S. The number of benzene rings is 2. The first-order chi connectivity index (χ1) is 8.68. The van der Waals surface area contributed by atoms with Gasteiger partial charge in [0.1, 0.15) is 5.25 Å². The van der Waals surface area contributed by atoms with Crippen molar-refractivity contribution < 1.29 is 9.90 Å². The minimum absolute atomic E-state index is 0.574. The molecule has 0 aliphatic heterocycles. The molecule has 1 atom stereocenters. The first kappa shape index (κ1) is 13.0. The van der Waals surface area contributed by atoms with Gasteiger partial charge in [-0.15, -0.1) is 11.8 Å². The molecule has 0 radical (unpaired) electrons. The molecule has 4 heteroatoms. The monoisotopic (exact) mass is 278 g/mol. The van der Waals surface area contributed by atoms with Gasteiger partial charge in [-0.3, -0.25) is 4.79 Å². The van der Waals surface area contributed by atoms with Crippen LogP contribution in [-0.2, 0) is 4.79 Å². The Morgan fingerprint density at radius 3 is 2.28 bits per heavy atom. The van der Waals surface area contributed by atoms with E-state index in [1.165, 1.54) is 11.8 Å². The van der Waals surface area contributed by atoms with Crippen molar-refractivity contribution in [2.24, 2.45) is 0 Å². The van der Waals surface area contributed by atoms with Crippen LogP contribution in [0.1, 0.15) is 10.8 Å². The fraction of sp³-hybridized carbons (Fsp3) is 0.0714. The lowest BCUT2D eigenvalue weighted by molar-refractivity contribution is -0.136. The van der Waals surface area contributed by atoms with E-state index in [1.807, 2.05) is 48.5 Å². The molecule has 0 aliphatic rings. The van der Waals surface area contributed by atoms with Crippen molar-refractivity contribution in [1.82, 2.24) is 0 Å². The third-order valence-corrected chi connectivity index (χ3v) is 4.17. The van der Waals surface area contributed by atoms with Crippen LogP contribution in [0, 0.1) is 0 Å². The fourth-order valence-electron chi connectivity index (χ4n) is 1.56. The quantitative estimate of drug-likeness (QED) is 0.849. The van der Waals surface area contributed by atoms with E-state index in [2.05, 4.69) is 0 Å². The van der Waals surface area contributed by atoms with Crippen LogP contribution in [0.25, 0.3) is 0 Å². The van der Waals surface area contributed by atoms with Crippen molar-refractivity contribution in [2.75, 3.05) is 0 Å². The molecule has 2 nitrogen and oxygen atoms in total. The van der Waals surface area contributed by atoms with Crippen molar-refractivity contribution >= 4 is 29.3 Å². The number of hydrogen-bond donors (Lipinski definition) is 1. The summed E-state index contributed by atoms with van der Waals surface area (Å²) in [6.45, 7) is 0. The summed E-state index contributed by atoms with van der Waals surface area (Å²) in [5, 5.41) is 9.24. The maximum Gasteiger partial charge on any atom is 0.321 e. The van der Waals surface area contributed by atoms with Crippen LogP contribution < -0.4 is 0 Å². The van der Waals surface area contributed by atoms with Crippen LogP contribution in [0.3, 0.4) is 0 Å². The smallest absolute Gasteiger partial charge is 0.321 e. The summed E-state index contributed by atoms with van der Waals surface area (Å²) in [5.74, 6) is -0.869. The zero-order valence-electron chi connectivity index (χ0n) is 9.42. The van der Waals surface area contributed by atoms with E-state index in [1.54, 1.807) is 6.07 Å². The Balaban J connectivity index is 2.28. The number of hydrogen-bond acceptors (Lipinski definition) is 2. The highest BCUT2D eigenvalue weighted by Gasteiger charge is 2.21. The van der Waals surface area contributed by atoms with Crippen molar-refractivity contribution in [2.45, 2.75) is 10.1 Å². The summed E-state index contributed by atoms with van der Waals surface area (Å²) in [5.41, 5.74) is 0.759. The average Bonchev–Trinajstić information content (AvgIpc) is 2.38. The number of rotatable bonds is 4. The van der Waals surface area contributed by atoms with Gasteiger partial charge < -0.3 is 5.11 Å². The van der Waals surface area contributed by atoms with E-state index in [9.17, 15) is 9.90 Å². The van der Waals surface area contributed by atoms with E-state index < -0.39 is 11.2 Å². The first-order valence-electron chi connectivity index (χ1n) is 5.37. The van der Waals surface area contributed by atoms with Gasteiger partial charge in [0, 0.05) is 4.90 Å². The summed E-state index contributed by atoms with van der Waals surface area (Å²) >= 11 is 7.29. The second-order valence-corrected chi connectivity index (χ2v) is 5.23. The Morgan fingerprint density at radius 2 is 1.67 bits per heavy atom. The molecule has 2 rings (SSSR count). The van der Waals surface area contributed by atoms with Crippen LogP contribution in [0.5, 0.6) is 0 Å². The molecule has 92 valence electrons. The largest absolute Gasteiger partial charge is 0.480 e. The Bertz CT molecular complexity index is 543. The standard InChI is InChI=1S/C14H11ClO2S/c15-11-8-4-5-9-12(11)18-13(14(16)17)10-6-2-1-3-7-10/h1-9,13H,(H,16,17)/t13-/m1/s1. The third kappa shape index (κ3) is 3.06. The number of carboxylic acids is 1. The Morgan fingerprint density at radius 1 is 1.06 bits per heavy atom. The summed E-state index contributed by atoms with van der Waals surface area (Å²) in [6.07, 6.45) is 0. The highest BCUT2D eigenvalue weighted by atomic mass is 35.5. The molecule has 18 heavy (non-hydrogen) atoms. The van der Waals surface area contributed by atoms with E-state index >= 15 is 0 Å². The first-order valence-corrected chi connectivity index (χ1v) is 6.63. The lowest BCUT2D eigenvalue weighted by Gasteiger charge is -2.13. The average molecular weight is 279 g/mol. The minimum Gasteiger partial charge on any atom is -0.480 e. The summed E-state index contributed by atoms with van der Waals surface area (Å²) in [4.78, 5) is 12.1. The van der Waals surface area contributed by atoms with Gasteiger partial charge in [0.15, 0.2) is 0 Å². The predicted octanol–water partition coefficient (Wildman–Crippen LogP) is 4.26. The zero-order chi connectivity index (χ0) is 13.0. The van der Waals surface area contributed by atoms with E-state index in [0.717, 1.165) is 10.5 Å². The minimum atomic E-state index is -0.869. The molecule has 0 saturated heterocycles. The van der Waals surface area contributed by atoms with Crippen LogP contribution in [0.15, 0.2) is 59.5 Å². The van der Waals surface area contributed by atoms with Gasteiger partial charge in [-0.05, 0) is 17.7 Å². The van der Waals surface area contributed by atoms with Crippen molar-refractivity contribution in [3.63, 3.8) is 0 Å². The van der Waals surface area contributed by atoms with Crippen molar-refractivity contribution in [3.8, 4) is 0 Å². The van der Waals surface area contributed by atoms with E-state index in [0.29, 0.717) is 5.02 Å². The van der Waals surface area contributed by atoms with Crippen molar-refractivity contribution in [3.05, 3.63) is 65.2 Å². The van der Waals surface area contributed by atoms with Crippen LogP contribution in [0.4, 0.5) is 0 Å². The van der Waals surface area contributed by atoms with Gasteiger partial charge >= 0.3 is 5.97 Å². The summed E-state index contributed by atoms with van der Waals surface area (Å²) < 4.78 is 0. The second kappa shape index (κ2) is 5.94. The molecule has 0 unspecified atom stereocenters. The van der Waals surface area contributed by atoms with Gasteiger partial charge in [0.2, 0.25) is 0 Å². The highest BCUT2D eigenvalue weighted by molar-refractivity contribution is 8.00. The molecule has 0 heterocycles. The molecule has 0 saturated carbocycles. The second-order valence-electron chi connectivity index (χ2n) is 3.68. The summed E-state index contributed by atoms with van der Waals surface area (Å²) in [7, 11) is 0. The molecule has 0 aromatic heterocycles. The SMILES string of the molecule is O=C(O)[C@H](Sc1ccccc1Cl)c1ccccc1. The molecule has 2 aromatic carbocycles. The molecular weight excluding hydrogens is 268 g/mol. The molecule has 0 aliphatic carbocycles. The molecule has 2 aromatic rings.